The van der Waals surface area contributed by atoms with Crippen molar-refractivity contribution in [3.63, 3.8) is 0 Å². The molecular weight excluding hydrogens is 192 g/mol. The molecule has 0 unspecified atom stereocenters. The van der Waals surface area contributed by atoms with Gasteiger partial charge in [-0.15, -0.1) is 0 Å². The van der Waals surface area contributed by atoms with Gasteiger partial charge in [0.1, 0.15) is 6.10 Å². The zero-order valence-corrected chi connectivity index (χ0v) is 8.10. The summed E-state index contributed by atoms with van der Waals surface area (Å²) in [6, 6.07) is 0. The molecule has 0 bridgehead atoms. The molecule has 6 heteroatoms. The van der Waals surface area contributed by atoms with Gasteiger partial charge in [-0.05, 0) is 0 Å². The standard InChI is InChI=1S/C8H14O6/c1-12-7(11)8(13-2)3-5(10)6(4-9)14-8/h5-6,9-10H,3-4H2,1-2H3/t5-,6+,8+/m0/s1. The normalized spacial score (nSPS) is 37.1. The first kappa shape index (κ1) is 11.4. The third kappa shape index (κ3) is 1.74. The molecule has 0 aromatic carbocycles. The lowest BCUT2D eigenvalue weighted by Crippen LogP contribution is -2.42. The lowest BCUT2D eigenvalue weighted by Gasteiger charge is -2.23. The number of rotatable bonds is 3. The van der Waals surface area contributed by atoms with Crippen LogP contribution in [0.5, 0.6) is 0 Å². The van der Waals surface area contributed by atoms with Crippen molar-refractivity contribution in [3.8, 4) is 0 Å². The van der Waals surface area contributed by atoms with Crippen molar-refractivity contribution in [3.05, 3.63) is 0 Å². The van der Waals surface area contributed by atoms with Crippen LogP contribution in [0.4, 0.5) is 0 Å². The van der Waals surface area contributed by atoms with Gasteiger partial charge >= 0.3 is 5.97 Å². The van der Waals surface area contributed by atoms with E-state index < -0.39 is 24.0 Å². The topological polar surface area (TPSA) is 85.2 Å². The second kappa shape index (κ2) is 4.22. The average Bonchev–Trinajstić information content (AvgIpc) is 2.55. The summed E-state index contributed by atoms with van der Waals surface area (Å²) in [6.45, 7) is -0.372. The van der Waals surface area contributed by atoms with Crippen molar-refractivity contribution in [1.82, 2.24) is 0 Å². The maximum Gasteiger partial charge on any atom is 0.366 e. The van der Waals surface area contributed by atoms with Gasteiger partial charge in [-0.25, -0.2) is 4.79 Å². The number of hydrogen-bond donors (Lipinski definition) is 2. The molecule has 0 radical (unpaired) electrons. The number of carbonyl (C=O) groups is 1. The maximum absolute atomic E-state index is 11.3. The highest BCUT2D eigenvalue weighted by Gasteiger charge is 2.52. The van der Waals surface area contributed by atoms with Crippen LogP contribution in [0.1, 0.15) is 6.42 Å². The van der Waals surface area contributed by atoms with Crippen LogP contribution >= 0.6 is 0 Å². The number of aliphatic hydroxyl groups is 2. The Morgan fingerprint density at radius 3 is 2.64 bits per heavy atom. The molecule has 1 rings (SSSR count). The first-order chi connectivity index (χ1) is 6.59. The van der Waals surface area contributed by atoms with E-state index in [1.54, 1.807) is 0 Å². The van der Waals surface area contributed by atoms with Crippen molar-refractivity contribution in [2.75, 3.05) is 20.8 Å². The second-order valence-electron chi connectivity index (χ2n) is 3.06. The molecule has 2 N–H and O–H groups in total. The Balaban J connectivity index is 2.79. The van der Waals surface area contributed by atoms with Crippen molar-refractivity contribution in [2.45, 2.75) is 24.4 Å². The molecule has 1 saturated heterocycles. The Bertz CT molecular complexity index is 218. The van der Waals surface area contributed by atoms with Crippen molar-refractivity contribution in [2.24, 2.45) is 0 Å². The van der Waals surface area contributed by atoms with Crippen LogP contribution in [0.2, 0.25) is 0 Å². The van der Waals surface area contributed by atoms with Gasteiger partial charge in [0, 0.05) is 13.5 Å². The van der Waals surface area contributed by atoms with E-state index in [2.05, 4.69) is 4.74 Å². The van der Waals surface area contributed by atoms with Gasteiger partial charge in [0.15, 0.2) is 0 Å². The molecule has 0 aromatic rings. The van der Waals surface area contributed by atoms with E-state index in [1.807, 2.05) is 0 Å². The molecule has 14 heavy (non-hydrogen) atoms. The molecule has 82 valence electrons. The Hall–Kier alpha value is -0.690. The van der Waals surface area contributed by atoms with E-state index in [1.165, 1.54) is 14.2 Å². The molecule has 0 saturated carbocycles. The van der Waals surface area contributed by atoms with Gasteiger partial charge in [0.05, 0.1) is 19.8 Å². The van der Waals surface area contributed by atoms with Crippen LogP contribution in [0.15, 0.2) is 0 Å². The lowest BCUT2D eigenvalue weighted by atomic mass is 10.1. The fourth-order valence-electron chi connectivity index (χ4n) is 1.44. The van der Waals surface area contributed by atoms with Crippen LogP contribution in [0.3, 0.4) is 0 Å². The van der Waals surface area contributed by atoms with E-state index in [4.69, 9.17) is 14.6 Å². The van der Waals surface area contributed by atoms with Crippen LogP contribution in [0.25, 0.3) is 0 Å². The van der Waals surface area contributed by atoms with E-state index >= 15 is 0 Å². The lowest BCUT2D eigenvalue weighted by molar-refractivity contribution is -0.232. The maximum atomic E-state index is 11.3. The zero-order chi connectivity index (χ0) is 10.8. The monoisotopic (exact) mass is 206 g/mol. The van der Waals surface area contributed by atoms with Crippen molar-refractivity contribution in [1.29, 1.82) is 0 Å². The molecular formula is C8H14O6. The first-order valence-electron chi connectivity index (χ1n) is 4.20. The molecule has 0 aromatic heterocycles. The van der Waals surface area contributed by atoms with Crippen molar-refractivity contribution >= 4 is 5.97 Å². The molecule has 1 fully saturated rings. The Labute approximate surface area is 81.4 Å². The minimum Gasteiger partial charge on any atom is -0.465 e. The molecule has 1 heterocycles. The Morgan fingerprint density at radius 2 is 2.29 bits per heavy atom. The highest BCUT2D eigenvalue weighted by molar-refractivity contribution is 5.78. The predicted octanol–water partition coefficient (Wildman–Crippen LogP) is -1.36. The van der Waals surface area contributed by atoms with Gasteiger partial charge in [-0.3, -0.25) is 0 Å². The summed E-state index contributed by atoms with van der Waals surface area (Å²) in [5.41, 5.74) is 0. The minimum absolute atomic E-state index is 0.0403. The van der Waals surface area contributed by atoms with Crippen LogP contribution in [-0.4, -0.2) is 55.0 Å². The fourth-order valence-corrected chi connectivity index (χ4v) is 1.44. The number of hydrogen-bond acceptors (Lipinski definition) is 6. The van der Waals surface area contributed by atoms with Crippen molar-refractivity contribution < 1.29 is 29.2 Å². The third-order valence-electron chi connectivity index (χ3n) is 2.25. The molecule has 0 spiro atoms. The fraction of sp³-hybridized carbons (Fsp3) is 0.875. The third-order valence-corrected chi connectivity index (χ3v) is 2.25. The predicted molar refractivity (Wildman–Crippen MR) is 44.3 cm³/mol. The summed E-state index contributed by atoms with van der Waals surface area (Å²) in [7, 11) is 2.48. The number of esters is 1. The van der Waals surface area contributed by atoms with Crippen LogP contribution in [0, 0.1) is 0 Å². The number of aliphatic hydroxyl groups excluding tert-OH is 2. The summed E-state index contributed by atoms with van der Waals surface area (Å²) in [5.74, 6) is -2.29. The Kier molecular flexibility index (Phi) is 3.43. The summed E-state index contributed by atoms with van der Waals surface area (Å²) in [6.07, 6.45) is -1.78. The smallest absolute Gasteiger partial charge is 0.366 e. The van der Waals surface area contributed by atoms with E-state index in [-0.39, 0.29) is 13.0 Å². The second-order valence-corrected chi connectivity index (χ2v) is 3.06. The summed E-state index contributed by atoms with van der Waals surface area (Å²) >= 11 is 0. The first-order valence-corrected chi connectivity index (χ1v) is 4.20. The summed E-state index contributed by atoms with van der Waals surface area (Å²) in [4.78, 5) is 11.3. The molecule has 1 aliphatic heterocycles. The SMILES string of the molecule is COC(=O)[C@@]1(OC)C[C@H](O)[C@@H](CO)O1. The average molecular weight is 206 g/mol. The largest absolute Gasteiger partial charge is 0.465 e. The van der Waals surface area contributed by atoms with E-state index in [9.17, 15) is 9.90 Å². The van der Waals surface area contributed by atoms with Gasteiger partial charge in [0.25, 0.3) is 5.79 Å². The molecule has 0 aliphatic carbocycles. The van der Waals surface area contributed by atoms with Gasteiger partial charge in [0.2, 0.25) is 0 Å². The van der Waals surface area contributed by atoms with E-state index in [0.29, 0.717) is 0 Å². The number of carbonyl (C=O) groups excluding carboxylic acids is 1. The molecule has 3 atom stereocenters. The number of ether oxygens (including phenoxy) is 3. The highest BCUT2D eigenvalue weighted by Crippen LogP contribution is 2.32. The zero-order valence-electron chi connectivity index (χ0n) is 8.10. The molecule has 6 nitrogen and oxygen atoms in total. The summed E-state index contributed by atoms with van der Waals surface area (Å²) in [5, 5.41) is 18.3. The number of methoxy groups -OCH3 is 2. The minimum atomic E-state index is -1.58. The van der Waals surface area contributed by atoms with Gasteiger partial charge < -0.3 is 24.4 Å². The van der Waals surface area contributed by atoms with E-state index in [0.717, 1.165) is 0 Å². The molecule has 0 amide bonds. The van der Waals surface area contributed by atoms with Crippen LogP contribution in [-0.2, 0) is 19.0 Å². The highest BCUT2D eigenvalue weighted by atomic mass is 16.7. The Morgan fingerprint density at radius 1 is 1.64 bits per heavy atom. The molecule has 1 aliphatic rings. The van der Waals surface area contributed by atoms with Gasteiger partial charge in [-0.1, -0.05) is 0 Å². The van der Waals surface area contributed by atoms with Crippen LogP contribution < -0.4 is 0 Å². The quantitative estimate of drug-likeness (QED) is 0.555. The summed E-state index contributed by atoms with van der Waals surface area (Å²) < 4.78 is 14.5. The van der Waals surface area contributed by atoms with Gasteiger partial charge in [-0.2, -0.15) is 0 Å².